The van der Waals surface area contributed by atoms with Crippen molar-refractivity contribution in [2.24, 2.45) is 0 Å². The quantitative estimate of drug-likeness (QED) is 0.249. The molecule has 0 saturated carbocycles. The largest absolute Gasteiger partial charge is 0.469 e. The third kappa shape index (κ3) is 9.22. The van der Waals surface area contributed by atoms with Gasteiger partial charge < -0.3 is 19.3 Å². The van der Waals surface area contributed by atoms with Crippen molar-refractivity contribution in [2.45, 2.75) is 12.3 Å². The summed E-state index contributed by atoms with van der Waals surface area (Å²) in [4.78, 5) is 62.8. The Morgan fingerprint density at radius 2 is 1.87 bits per heavy atom. The third-order valence-electron chi connectivity index (χ3n) is 2.11. The molecule has 0 aromatic carbocycles. The molecule has 2 atom stereocenters. The van der Waals surface area contributed by atoms with E-state index >= 15 is 0 Å². The summed E-state index contributed by atoms with van der Waals surface area (Å²) < 4.78 is 20.1. The normalized spacial score (nSPS) is 13.1. The van der Waals surface area contributed by atoms with Gasteiger partial charge in [-0.2, -0.15) is 0 Å². The molecule has 0 bridgehead atoms. The van der Waals surface area contributed by atoms with Crippen LogP contribution in [0, 0.1) is 0 Å². The maximum Gasteiger partial charge on any atom is 0.469 e. The molecule has 2 radical (unpaired) electrons. The van der Waals surface area contributed by atoms with Crippen LogP contribution in [-0.2, 0) is 23.4 Å². The van der Waals surface area contributed by atoms with Crippen LogP contribution in [0.3, 0.4) is 0 Å². The predicted octanol–water partition coefficient (Wildman–Crippen LogP) is -2.83. The number of nitrogens with zero attached hydrogens (tertiary/aromatic N) is 1. The number of aromatic nitrogens is 2. The zero-order valence-corrected chi connectivity index (χ0v) is 17.2. The summed E-state index contributed by atoms with van der Waals surface area (Å²) in [6.45, 7) is -0.823. The van der Waals surface area contributed by atoms with Gasteiger partial charge in [0, 0.05) is 71.4 Å². The van der Waals surface area contributed by atoms with Gasteiger partial charge in [0.15, 0.2) is 18.8 Å². The Labute approximate surface area is 173 Å². The van der Waals surface area contributed by atoms with E-state index in [1.54, 1.807) is 0 Å². The summed E-state index contributed by atoms with van der Waals surface area (Å²) in [5, 5.41) is 0. The molecule has 3 N–H and O–H groups in total. The fourth-order valence-corrected chi connectivity index (χ4v) is 1.59. The van der Waals surface area contributed by atoms with E-state index in [0.717, 1.165) is 12.3 Å². The average Bonchev–Trinajstić information content (AvgIpc) is 2.39. The first-order valence-corrected chi connectivity index (χ1v) is 6.87. The molecule has 0 aliphatic heterocycles. The van der Waals surface area contributed by atoms with Crippen molar-refractivity contribution in [1.29, 1.82) is 0 Å². The molecule has 0 saturated heterocycles. The Kier molecular flexibility index (Phi) is 12.8. The van der Waals surface area contributed by atoms with Crippen molar-refractivity contribution in [3.05, 3.63) is 33.1 Å². The first kappa shape index (κ1) is 25.3. The van der Waals surface area contributed by atoms with Crippen LogP contribution in [0.2, 0.25) is 0 Å². The summed E-state index contributed by atoms with van der Waals surface area (Å²) in [5.74, 6) is 0. The average molecular weight is 368 g/mol. The van der Waals surface area contributed by atoms with Crippen LogP contribution in [-0.4, -0.2) is 104 Å². The van der Waals surface area contributed by atoms with E-state index in [-0.39, 0.29) is 71.7 Å². The van der Waals surface area contributed by atoms with Crippen LogP contribution >= 0.6 is 7.82 Å². The van der Waals surface area contributed by atoms with Crippen LogP contribution in [0.4, 0.5) is 0 Å². The first-order chi connectivity index (χ1) is 9.76. The molecule has 14 heteroatoms. The Bertz CT molecular complexity index is 669. The number of carbonyl (C=O) groups excluding carboxylic acids is 2. The molecule has 0 amide bonds. The van der Waals surface area contributed by atoms with Crippen LogP contribution in [0.15, 0.2) is 21.9 Å². The number of hydrogen-bond acceptors (Lipinski definition) is 7. The molecule has 0 aliphatic rings. The van der Waals surface area contributed by atoms with Crippen molar-refractivity contribution in [3.63, 3.8) is 0 Å². The number of nitrogens with one attached hydrogen (secondary N) is 1. The minimum atomic E-state index is -4.82. The van der Waals surface area contributed by atoms with E-state index in [1.807, 2.05) is 4.98 Å². The van der Waals surface area contributed by atoms with Gasteiger partial charge in [-0.1, -0.05) is 0 Å². The summed E-state index contributed by atoms with van der Waals surface area (Å²) in [5.41, 5.74) is -1.65. The Balaban J connectivity index is 0. The second-order valence-corrected chi connectivity index (χ2v) is 4.88. The van der Waals surface area contributed by atoms with Crippen LogP contribution in [0.1, 0.15) is 6.23 Å². The van der Waals surface area contributed by atoms with Crippen LogP contribution in [0.5, 0.6) is 0 Å². The molecule has 0 aliphatic carbocycles. The van der Waals surface area contributed by atoms with Crippen molar-refractivity contribution >= 4 is 79.5 Å². The summed E-state index contributed by atoms with van der Waals surface area (Å²) in [6.07, 6.45) is -1.82. The summed E-state index contributed by atoms with van der Waals surface area (Å²) in [7, 11) is -4.82. The van der Waals surface area contributed by atoms with Gasteiger partial charge >= 0.3 is 13.5 Å². The van der Waals surface area contributed by atoms with Gasteiger partial charge in [-0.05, 0) is 0 Å². The van der Waals surface area contributed by atoms with Crippen molar-refractivity contribution in [2.75, 3.05) is 6.61 Å². The van der Waals surface area contributed by atoms with Gasteiger partial charge in [-0.15, -0.1) is 0 Å². The molecule has 0 fully saturated rings. The third-order valence-corrected chi connectivity index (χ3v) is 2.60. The maximum absolute atomic E-state index is 11.5. The minimum absolute atomic E-state index is 0. The number of ether oxygens (including phenoxy) is 1. The Morgan fingerprint density at radius 1 is 1.26 bits per heavy atom. The molecule has 1 aromatic heterocycles. The standard InChI is InChI=1S/C9H11N2O9P.2Na/c12-3-6(5-19-21(16,17)18)20-8(4-13)11-2-1-7(14)10-9(11)15;;/h1-4,6,8H,5H2,(H,10,14,15)(H2,16,17,18);;. The second-order valence-electron chi connectivity index (χ2n) is 3.64. The second kappa shape index (κ2) is 11.6. The Morgan fingerprint density at radius 3 is 2.30 bits per heavy atom. The fourth-order valence-electron chi connectivity index (χ4n) is 1.25. The SMILES string of the molecule is O=CC(COP(=O)(O)O)OC(C=O)n1ccc(=O)[nH]c1=O.[Na].[Na]. The van der Waals surface area contributed by atoms with E-state index < -0.39 is 38.0 Å². The number of carbonyl (C=O) groups is 2. The molecular formula is C9H11N2Na2O9P. The molecule has 1 rings (SSSR count). The summed E-state index contributed by atoms with van der Waals surface area (Å²) >= 11 is 0. The number of aldehydes is 2. The molecule has 1 aromatic rings. The molecule has 23 heavy (non-hydrogen) atoms. The number of phosphoric acid groups is 1. The van der Waals surface area contributed by atoms with Crippen molar-refractivity contribution in [1.82, 2.24) is 9.55 Å². The van der Waals surface area contributed by atoms with Crippen LogP contribution < -0.4 is 11.2 Å². The molecule has 0 spiro atoms. The molecule has 2 unspecified atom stereocenters. The van der Waals surface area contributed by atoms with Gasteiger partial charge in [-0.25, -0.2) is 9.36 Å². The van der Waals surface area contributed by atoms with E-state index in [0.29, 0.717) is 4.57 Å². The molecule has 118 valence electrons. The molecular weight excluding hydrogens is 357 g/mol. The van der Waals surface area contributed by atoms with Gasteiger partial charge in [0.2, 0.25) is 0 Å². The van der Waals surface area contributed by atoms with Gasteiger partial charge in [-0.3, -0.25) is 23.7 Å². The predicted molar refractivity (Wildman–Crippen MR) is 76.9 cm³/mol. The van der Waals surface area contributed by atoms with Crippen LogP contribution in [0.25, 0.3) is 0 Å². The van der Waals surface area contributed by atoms with E-state index in [9.17, 15) is 23.7 Å². The maximum atomic E-state index is 11.5. The minimum Gasteiger partial charge on any atom is -0.338 e. The molecule has 11 nitrogen and oxygen atoms in total. The monoisotopic (exact) mass is 368 g/mol. The topological polar surface area (TPSA) is 165 Å². The van der Waals surface area contributed by atoms with Crippen molar-refractivity contribution in [3.8, 4) is 0 Å². The van der Waals surface area contributed by atoms with Gasteiger partial charge in [0.1, 0.15) is 6.10 Å². The fraction of sp³-hybridized carbons (Fsp3) is 0.333. The van der Waals surface area contributed by atoms with E-state index in [4.69, 9.17) is 14.5 Å². The zero-order valence-electron chi connectivity index (χ0n) is 12.3. The number of hydrogen-bond donors (Lipinski definition) is 3. The smallest absolute Gasteiger partial charge is 0.338 e. The van der Waals surface area contributed by atoms with E-state index in [1.165, 1.54) is 0 Å². The molecule has 1 heterocycles. The number of phosphoric ester groups is 1. The van der Waals surface area contributed by atoms with E-state index in [2.05, 4.69) is 4.52 Å². The number of H-pyrrole nitrogens is 1. The Hall–Kier alpha value is 0.0900. The number of rotatable bonds is 8. The van der Waals surface area contributed by atoms with Crippen molar-refractivity contribution < 1.29 is 33.2 Å². The van der Waals surface area contributed by atoms with Gasteiger partial charge in [0.25, 0.3) is 5.56 Å². The zero-order chi connectivity index (χ0) is 16.0. The number of aromatic amines is 1. The van der Waals surface area contributed by atoms with Gasteiger partial charge in [0.05, 0.1) is 6.61 Å². The first-order valence-electron chi connectivity index (χ1n) is 5.34. The summed E-state index contributed by atoms with van der Waals surface area (Å²) in [6, 6.07) is 0.948.